The van der Waals surface area contributed by atoms with Gasteiger partial charge in [-0.05, 0) is 54.7 Å². The number of nitriles is 1. The van der Waals surface area contributed by atoms with E-state index in [9.17, 15) is 20.2 Å². The Morgan fingerprint density at radius 2 is 1.82 bits per heavy atom. The lowest BCUT2D eigenvalue weighted by atomic mass is 9.72. The van der Waals surface area contributed by atoms with Gasteiger partial charge in [-0.2, -0.15) is 5.26 Å². The number of anilines is 1. The van der Waals surface area contributed by atoms with Crippen molar-refractivity contribution >= 4 is 28.8 Å². The minimum atomic E-state index is -0.715. The number of carbonyl (C=O) groups excluding carboxylic acids is 1. The van der Waals surface area contributed by atoms with Gasteiger partial charge in [0.25, 0.3) is 5.69 Å². The zero-order valence-corrected chi connectivity index (χ0v) is 21.9. The standard InChI is InChI=1S/C30H25ClN4O4/c1-2-39-22-11-8-19(9-12-22)28-23(17-32)30(33)34(24-13-10-21(31)16-25(24)35(37)38)26-14-20(15-27(36)29(26)28)18-6-4-3-5-7-18/h3-13,16,20,28H,2,14-15,33H2,1H3/t20-,28-/m0/s1. The van der Waals surface area contributed by atoms with Crippen LogP contribution in [-0.4, -0.2) is 17.3 Å². The van der Waals surface area contributed by atoms with Crippen molar-refractivity contribution in [3.63, 3.8) is 0 Å². The zero-order chi connectivity index (χ0) is 27.7. The second kappa shape index (κ2) is 10.6. The van der Waals surface area contributed by atoms with Gasteiger partial charge >= 0.3 is 0 Å². The van der Waals surface area contributed by atoms with Gasteiger partial charge in [-0.15, -0.1) is 0 Å². The van der Waals surface area contributed by atoms with Crippen LogP contribution in [-0.2, 0) is 4.79 Å². The predicted molar refractivity (Wildman–Crippen MR) is 148 cm³/mol. The molecule has 8 nitrogen and oxygen atoms in total. The molecule has 1 aliphatic heterocycles. The number of allylic oxidation sites excluding steroid dienone is 3. The number of hydrogen-bond donors (Lipinski definition) is 1. The minimum Gasteiger partial charge on any atom is -0.494 e. The zero-order valence-electron chi connectivity index (χ0n) is 21.1. The van der Waals surface area contributed by atoms with Crippen LogP contribution in [0.3, 0.4) is 0 Å². The SMILES string of the molecule is CCOc1ccc([C@H]2C(C#N)=C(N)N(c3ccc(Cl)cc3[N+](=O)[O-])C3=C2C(=O)C[C@@H](c2ccccc2)C3)cc1. The summed E-state index contributed by atoms with van der Waals surface area (Å²) >= 11 is 6.10. The molecule has 0 fully saturated rings. The summed E-state index contributed by atoms with van der Waals surface area (Å²) in [6.07, 6.45) is 0.642. The maximum Gasteiger partial charge on any atom is 0.294 e. The van der Waals surface area contributed by atoms with Crippen LogP contribution in [0.25, 0.3) is 0 Å². The maximum absolute atomic E-state index is 13.9. The number of ether oxygens (including phenoxy) is 1. The first-order chi connectivity index (χ1) is 18.8. The monoisotopic (exact) mass is 540 g/mol. The van der Waals surface area contributed by atoms with Gasteiger partial charge in [0, 0.05) is 28.8 Å². The van der Waals surface area contributed by atoms with Gasteiger partial charge in [0.1, 0.15) is 17.3 Å². The summed E-state index contributed by atoms with van der Waals surface area (Å²) in [4.78, 5) is 27.0. The molecule has 2 atom stereocenters. The number of nitrogens with zero attached hydrogens (tertiary/aromatic N) is 3. The Labute approximate surface area is 230 Å². The molecule has 3 aromatic carbocycles. The molecule has 3 aromatic rings. The molecule has 0 bridgehead atoms. The molecule has 0 saturated carbocycles. The summed E-state index contributed by atoms with van der Waals surface area (Å²) in [5.74, 6) is -0.302. The van der Waals surface area contributed by atoms with Gasteiger partial charge in [-0.3, -0.25) is 19.8 Å². The average Bonchev–Trinajstić information content (AvgIpc) is 2.94. The van der Waals surface area contributed by atoms with E-state index in [4.69, 9.17) is 22.1 Å². The Bertz CT molecular complexity index is 1560. The van der Waals surface area contributed by atoms with Crippen LogP contribution in [0, 0.1) is 21.4 Å². The largest absolute Gasteiger partial charge is 0.494 e. The molecule has 9 heteroatoms. The number of Topliss-reactive ketones (excluding diaryl/α,β-unsaturated/α-hetero) is 1. The quantitative estimate of drug-likeness (QED) is 0.285. The van der Waals surface area contributed by atoms with Gasteiger partial charge < -0.3 is 10.5 Å². The number of halogens is 1. The Kier molecular flexibility index (Phi) is 7.09. The molecule has 5 rings (SSSR count). The summed E-state index contributed by atoms with van der Waals surface area (Å²) < 4.78 is 5.57. The first-order valence-electron chi connectivity index (χ1n) is 12.5. The number of rotatable bonds is 6. The van der Waals surface area contributed by atoms with E-state index >= 15 is 0 Å². The highest BCUT2D eigenvalue weighted by Gasteiger charge is 2.44. The highest BCUT2D eigenvalue weighted by molar-refractivity contribution is 6.31. The number of nitro groups is 1. The predicted octanol–water partition coefficient (Wildman–Crippen LogP) is 6.35. The van der Waals surface area contributed by atoms with Crippen molar-refractivity contribution in [2.24, 2.45) is 5.73 Å². The van der Waals surface area contributed by atoms with Crippen molar-refractivity contribution in [1.29, 1.82) is 5.26 Å². The third kappa shape index (κ3) is 4.73. The topological polar surface area (TPSA) is 122 Å². The van der Waals surface area contributed by atoms with Crippen molar-refractivity contribution in [1.82, 2.24) is 0 Å². The van der Waals surface area contributed by atoms with Gasteiger partial charge in [0.2, 0.25) is 0 Å². The fraction of sp³-hybridized carbons (Fsp3) is 0.200. The molecule has 0 saturated heterocycles. The van der Waals surface area contributed by atoms with E-state index in [0.29, 0.717) is 35.6 Å². The second-order valence-electron chi connectivity index (χ2n) is 9.37. The van der Waals surface area contributed by atoms with E-state index in [-0.39, 0.29) is 45.9 Å². The first kappa shape index (κ1) is 26.0. The van der Waals surface area contributed by atoms with E-state index in [2.05, 4.69) is 6.07 Å². The summed E-state index contributed by atoms with van der Waals surface area (Å²) in [5, 5.41) is 22.5. The third-order valence-corrected chi connectivity index (χ3v) is 7.37. The van der Waals surface area contributed by atoms with Crippen LogP contribution >= 0.6 is 11.6 Å². The lowest BCUT2D eigenvalue weighted by molar-refractivity contribution is -0.384. The van der Waals surface area contributed by atoms with Crippen LogP contribution in [0.1, 0.15) is 42.7 Å². The smallest absolute Gasteiger partial charge is 0.294 e. The van der Waals surface area contributed by atoms with E-state index in [1.165, 1.54) is 23.1 Å². The average molecular weight is 541 g/mol. The molecule has 1 aliphatic carbocycles. The number of carbonyl (C=O) groups is 1. The Hall–Kier alpha value is -4.61. The maximum atomic E-state index is 13.9. The molecule has 0 aromatic heterocycles. The van der Waals surface area contributed by atoms with Crippen LogP contribution < -0.4 is 15.4 Å². The Balaban J connectivity index is 1.74. The van der Waals surface area contributed by atoms with Crippen LogP contribution in [0.15, 0.2) is 95.5 Å². The highest BCUT2D eigenvalue weighted by Crippen LogP contribution is 2.50. The molecule has 0 spiro atoms. The number of nitrogens with two attached hydrogens (primary N) is 1. The number of nitro benzene ring substituents is 1. The molecular formula is C30H25ClN4O4. The number of hydrogen-bond acceptors (Lipinski definition) is 7. The van der Waals surface area contributed by atoms with Gasteiger partial charge in [-0.25, -0.2) is 0 Å². The van der Waals surface area contributed by atoms with Crippen LogP contribution in [0.5, 0.6) is 5.75 Å². The van der Waals surface area contributed by atoms with Crippen molar-refractivity contribution in [2.45, 2.75) is 31.6 Å². The normalized spacial score (nSPS) is 19.0. The van der Waals surface area contributed by atoms with E-state index in [0.717, 1.165) is 5.56 Å². The molecule has 1 heterocycles. The van der Waals surface area contributed by atoms with Crippen LogP contribution in [0.4, 0.5) is 11.4 Å². The lowest BCUT2D eigenvalue weighted by Gasteiger charge is -2.41. The Morgan fingerprint density at radius 3 is 2.46 bits per heavy atom. The summed E-state index contributed by atoms with van der Waals surface area (Å²) in [6.45, 7) is 2.39. The summed E-state index contributed by atoms with van der Waals surface area (Å²) in [6, 6.07) is 23.4. The first-order valence-corrected chi connectivity index (χ1v) is 12.9. The van der Waals surface area contributed by atoms with Crippen molar-refractivity contribution in [2.75, 3.05) is 11.5 Å². The molecule has 2 N–H and O–H groups in total. The van der Waals surface area contributed by atoms with E-state index in [1.54, 1.807) is 12.1 Å². The van der Waals surface area contributed by atoms with Crippen molar-refractivity contribution in [3.8, 4) is 11.8 Å². The summed E-state index contributed by atoms with van der Waals surface area (Å²) in [7, 11) is 0. The van der Waals surface area contributed by atoms with E-state index in [1.807, 2.05) is 49.4 Å². The summed E-state index contributed by atoms with van der Waals surface area (Å²) in [5.41, 5.74) is 9.34. The second-order valence-corrected chi connectivity index (χ2v) is 9.81. The fourth-order valence-corrected chi connectivity index (χ4v) is 5.62. The van der Waals surface area contributed by atoms with Gasteiger partial charge in [0.05, 0.1) is 29.1 Å². The molecular weight excluding hydrogens is 516 g/mol. The number of ketones is 1. The van der Waals surface area contributed by atoms with E-state index < -0.39 is 10.8 Å². The Morgan fingerprint density at radius 1 is 1.10 bits per heavy atom. The van der Waals surface area contributed by atoms with Gasteiger partial charge in [0.15, 0.2) is 5.78 Å². The number of benzene rings is 3. The van der Waals surface area contributed by atoms with Gasteiger partial charge in [-0.1, -0.05) is 54.1 Å². The fourth-order valence-electron chi connectivity index (χ4n) is 5.45. The molecule has 2 aliphatic rings. The lowest BCUT2D eigenvalue weighted by Crippen LogP contribution is -2.40. The molecule has 39 heavy (non-hydrogen) atoms. The molecule has 196 valence electrons. The minimum absolute atomic E-state index is 0.0436. The van der Waals surface area contributed by atoms with Crippen molar-refractivity contribution in [3.05, 3.63) is 122 Å². The molecule has 0 amide bonds. The third-order valence-electron chi connectivity index (χ3n) is 7.14. The van der Waals surface area contributed by atoms with Crippen molar-refractivity contribution < 1.29 is 14.5 Å². The molecule has 0 unspecified atom stereocenters. The highest BCUT2D eigenvalue weighted by atomic mass is 35.5. The van der Waals surface area contributed by atoms with Crippen LogP contribution in [0.2, 0.25) is 5.02 Å². The molecule has 0 radical (unpaired) electrons.